The molecule has 0 atom stereocenters. The molecule has 1 amide bonds. The summed E-state index contributed by atoms with van der Waals surface area (Å²) in [4.78, 5) is 15.1. The fraction of sp³-hybridized carbons (Fsp3) is 0.400. The second-order valence-electron chi connectivity index (χ2n) is 10.1. The Labute approximate surface area is 232 Å². The van der Waals surface area contributed by atoms with Gasteiger partial charge in [-0.2, -0.15) is 5.26 Å². The molecule has 38 heavy (non-hydrogen) atoms. The van der Waals surface area contributed by atoms with Crippen LogP contribution in [-0.2, 0) is 17.8 Å². The first-order chi connectivity index (χ1) is 18.6. The van der Waals surface area contributed by atoms with Crippen LogP contribution in [0.1, 0.15) is 42.6 Å². The molecule has 0 unspecified atom stereocenters. The smallest absolute Gasteiger partial charge is 0.227 e. The largest absolute Gasteiger partial charge is 0.489 e. The van der Waals surface area contributed by atoms with Crippen LogP contribution in [0.3, 0.4) is 0 Å². The summed E-state index contributed by atoms with van der Waals surface area (Å²) >= 11 is 3.70. The van der Waals surface area contributed by atoms with Crippen molar-refractivity contribution in [3.63, 3.8) is 0 Å². The monoisotopic (exact) mass is 576 g/mol. The number of hydrogen-bond donors (Lipinski definition) is 2. The Hall–Kier alpha value is -3.12. The number of carbonyl (C=O) groups is 1. The first kappa shape index (κ1) is 26.5. The van der Waals surface area contributed by atoms with Gasteiger partial charge >= 0.3 is 0 Å². The Balaban J connectivity index is 1.05. The number of nitriles is 1. The third kappa shape index (κ3) is 7.04. The molecule has 0 bridgehead atoms. The van der Waals surface area contributed by atoms with E-state index in [-0.39, 0.29) is 24.5 Å². The number of furan rings is 1. The Morgan fingerprint density at radius 3 is 2.55 bits per heavy atom. The number of nitrogens with one attached hydrogen (secondary N) is 2. The van der Waals surface area contributed by atoms with Gasteiger partial charge in [0.25, 0.3) is 0 Å². The number of nitrogens with zero attached hydrogens (tertiary/aromatic N) is 2. The normalized spacial score (nSPS) is 17.2. The van der Waals surface area contributed by atoms with Crippen molar-refractivity contribution in [3.8, 4) is 23.1 Å². The number of halogens is 1. The molecule has 2 saturated heterocycles. The molecule has 1 aromatic heterocycles. The summed E-state index contributed by atoms with van der Waals surface area (Å²) in [6, 6.07) is 19.6. The molecular formula is C30H33BrN4O3. The molecule has 3 heterocycles. The van der Waals surface area contributed by atoms with E-state index >= 15 is 0 Å². The number of likely N-dealkylation sites (tertiary alicyclic amines) is 1. The third-order valence-electron chi connectivity index (χ3n) is 7.23. The van der Waals surface area contributed by atoms with E-state index in [1.807, 2.05) is 24.3 Å². The Morgan fingerprint density at radius 2 is 1.84 bits per heavy atom. The van der Waals surface area contributed by atoms with Crippen LogP contribution in [0.4, 0.5) is 0 Å². The van der Waals surface area contributed by atoms with Gasteiger partial charge in [0.05, 0.1) is 22.5 Å². The summed E-state index contributed by atoms with van der Waals surface area (Å²) in [6.07, 6.45) is 4.44. The highest BCUT2D eigenvalue weighted by atomic mass is 79.9. The minimum absolute atomic E-state index is 0.0163. The summed E-state index contributed by atoms with van der Waals surface area (Å²) in [5, 5.41) is 15.5. The van der Waals surface area contributed by atoms with Crippen LogP contribution in [0.15, 0.2) is 63.5 Å². The average Bonchev–Trinajstić information content (AvgIpc) is 3.40. The van der Waals surface area contributed by atoms with Crippen LogP contribution in [-0.4, -0.2) is 49.1 Å². The zero-order valence-electron chi connectivity index (χ0n) is 21.4. The topological polar surface area (TPSA) is 90.5 Å². The minimum atomic E-state index is -0.0163. The van der Waals surface area contributed by atoms with Gasteiger partial charge in [-0.15, -0.1) is 0 Å². The molecule has 198 valence electrons. The Morgan fingerprint density at radius 1 is 1.08 bits per heavy atom. The van der Waals surface area contributed by atoms with Gasteiger partial charge in [-0.05, 0) is 109 Å². The van der Waals surface area contributed by atoms with E-state index in [1.54, 1.807) is 12.1 Å². The fourth-order valence-electron chi connectivity index (χ4n) is 5.10. The van der Waals surface area contributed by atoms with Gasteiger partial charge in [0.2, 0.25) is 5.91 Å². The van der Waals surface area contributed by atoms with Crippen molar-refractivity contribution in [3.05, 3.63) is 76.0 Å². The van der Waals surface area contributed by atoms with Crippen LogP contribution in [0.2, 0.25) is 0 Å². The van der Waals surface area contributed by atoms with Crippen molar-refractivity contribution in [1.82, 2.24) is 15.5 Å². The number of hydrogen-bond acceptors (Lipinski definition) is 6. The molecule has 5 rings (SSSR count). The molecule has 2 aromatic carbocycles. The van der Waals surface area contributed by atoms with E-state index in [1.165, 1.54) is 5.56 Å². The second kappa shape index (κ2) is 12.6. The van der Waals surface area contributed by atoms with Crippen molar-refractivity contribution in [1.29, 1.82) is 5.26 Å². The maximum Gasteiger partial charge on any atom is 0.227 e. The van der Waals surface area contributed by atoms with E-state index in [4.69, 9.17) is 14.4 Å². The van der Waals surface area contributed by atoms with Gasteiger partial charge in [-0.1, -0.05) is 6.07 Å². The number of piperidine rings is 2. The second-order valence-corrected chi connectivity index (χ2v) is 10.9. The minimum Gasteiger partial charge on any atom is -0.489 e. The maximum atomic E-state index is 12.7. The SMILES string of the molecule is N#Cc1ccc(-c2ccc(CC(=O)NC3CCN(Cc4ccc(OC5CCNCC5)c(Br)c4)CC3)o2)cc1. The highest BCUT2D eigenvalue weighted by Crippen LogP contribution is 2.29. The van der Waals surface area contributed by atoms with Crippen molar-refractivity contribution in [2.75, 3.05) is 26.2 Å². The van der Waals surface area contributed by atoms with Gasteiger partial charge in [-0.3, -0.25) is 9.69 Å². The highest BCUT2D eigenvalue weighted by molar-refractivity contribution is 9.10. The first-order valence-electron chi connectivity index (χ1n) is 13.3. The van der Waals surface area contributed by atoms with Crippen molar-refractivity contribution < 1.29 is 13.9 Å². The zero-order chi connectivity index (χ0) is 26.3. The van der Waals surface area contributed by atoms with Crippen LogP contribution in [0.5, 0.6) is 5.75 Å². The van der Waals surface area contributed by atoms with Crippen LogP contribution < -0.4 is 15.4 Å². The summed E-state index contributed by atoms with van der Waals surface area (Å²) in [7, 11) is 0. The lowest BCUT2D eigenvalue weighted by Gasteiger charge is -2.32. The Kier molecular flexibility index (Phi) is 8.79. The lowest BCUT2D eigenvalue weighted by Crippen LogP contribution is -2.44. The van der Waals surface area contributed by atoms with Crippen LogP contribution >= 0.6 is 15.9 Å². The van der Waals surface area contributed by atoms with Crippen molar-refractivity contribution in [2.24, 2.45) is 0 Å². The fourth-order valence-corrected chi connectivity index (χ4v) is 5.62. The van der Waals surface area contributed by atoms with Crippen molar-refractivity contribution in [2.45, 2.75) is 50.8 Å². The van der Waals surface area contributed by atoms with Gasteiger partial charge in [0.1, 0.15) is 23.4 Å². The zero-order valence-corrected chi connectivity index (χ0v) is 23.0. The van der Waals surface area contributed by atoms with Crippen LogP contribution in [0, 0.1) is 11.3 Å². The molecule has 7 nitrogen and oxygen atoms in total. The third-order valence-corrected chi connectivity index (χ3v) is 7.85. The number of benzene rings is 2. The average molecular weight is 578 g/mol. The number of rotatable bonds is 8. The summed E-state index contributed by atoms with van der Waals surface area (Å²) in [5.74, 6) is 2.24. The van der Waals surface area contributed by atoms with E-state index in [0.717, 1.165) is 74.2 Å². The number of ether oxygens (including phenoxy) is 1. The molecule has 2 aliphatic rings. The van der Waals surface area contributed by atoms with Crippen molar-refractivity contribution >= 4 is 21.8 Å². The molecular weight excluding hydrogens is 544 g/mol. The molecule has 0 saturated carbocycles. The van der Waals surface area contributed by atoms with E-state index in [0.29, 0.717) is 17.1 Å². The molecule has 2 fully saturated rings. The number of carbonyl (C=O) groups excluding carboxylic acids is 1. The first-order valence-corrected chi connectivity index (χ1v) is 14.1. The molecule has 2 aliphatic heterocycles. The van der Waals surface area contributed by atoms with E-state index in [2.05, 4.69) is 55.7 Å². The number of amides is 1. The predicted octanol–water partition coefficient (Wildman–Crippen LogP) is 5.03. The predicted molar refractivity (Wildman–Crippen MR) is 150 cm³/mol. The molecule has 3 aromatic rings. The summed E-state index contributed by atoms with van der Waals surface area (Å²) in [5.41, 5.74) is 2.75. The summed E-state index contributed by atoms with van der Waals surface area (Å²) < 4.78 is 13.1. The summed E-state index contributed by atoms with van der Waals surface area (Å²) in [6.45, 7) is 4.80. The highest BCUT2D eigenvalue weighted by Gasteiger charge is 2.22. The van der Waals surface area contributed by atoms with Gasteiger partial charge < -0.3 is 19.8 Å². The van der Waals surface area contributed by atoms with E-state index < -0.39 is 0 Å². The maximum absolute atomic E-state index is 12.7. The quantitative estimate of drug-likeness (QED) is 0.390. The van der Waals surface area contributed by atoms with Gasteiger partial charge in [0, 0.05) is 31.2 Å². The van der Waals surface area contributed by atoms with E-state index in [9.17, 15) is 4.79 Å². The van der Waals surface area contributed by atoms with Crippen LogP contribution in [0.25, 0.3) is 11.3 Å². The molecule has 0 spiro atoms. The lowest BCUT2D eigenvalue weighted by atomic mass is 10.0. The molecule has 2 N–H and O–H groups in total. The Bertz CT molecular complexity index is 1270. The molecule has 0 aliphatic carbocycles. The standard InChI is InChI=1S/C30H33BrN4O3/c31-27-17-22(3-7-29(27)37-25-9-13-33-14-10-25)20-35-15-11-24(12-16-35)34-30(36)18-26-6-8-28(38-26)23-4-1-21(19-32)2-5-23/h1-8,17,24-25,33H,9-16,18,20H2,(H,34,36). The molecule has 8 heteroatoms. The van der Waals surface area contributed by atoms with Gasteiger partial charge in [-0.25, -0.2) is 0 Å². The van der Waals surface area contributed by atoms with Gasteiger partial charge in [0.15, 0.2) is 0 Å². The molecule has 0 radical (unpaired) electrons. The lowest BCUT2D eigenvalue weighted by molar-refractivity contribution is -0.121.